The number of hydrogen-bond acceptors (Lipinski definition) is 4. The van der Waals surface area contributed by atoms with Gasteiger partial charge in [0.25, 0.3) is 11.5 Å². The van der Waals surface area contributed by atoms with Crippen molar-refractivity contribution in [3.8, 4) is 5.69 Å². The molecule has 0 spiro atoms. The summed E-state index contributed by atoms with van der Waals surface area (Å²) in [6.07, 6.45) is 2.32. The summed E-state index contributed by atoms with van der Waals surface area (Å²) in [6, 6.07) is 11.6. The van der Waals surface area contributed by atoms with Gasteiger partial charge in [0, 0.05) is 19.2 Å². The third-order valence-electron chi connectivity index (χ3n) is 5.60. The van der Waals surface area contributed by atoms with Crippen LogP contribution >= 0.6 is 0 Å². The smallest absolute Gasteiger partial charge is 0.311 e. The Morgan fingerprint density at radius 2 is 1.92 bits per heavy atom. The van der Waals surface area contributed by atoms with Gasteiger partial charge in [-0.25, -0.2) is 0 Å². The molecule has 1 aliphatic carbocycles. The average Bonchev–Trinajstić information content (AvgIpc) is 3.21. The minimum absolute atomic E-state index is 0.0102. The van der Waals surface area contributed by atoms with Gasteiger partial charge in [-0.1, -0.05) is 24.6 Å². The van der Waals surface area contributed by atoms with Gasteiger partial charge >= 0.3 is 5.97 Å². The first kappa shape index (κ1) is 16.5. The highest BCUT2D eigenvalue weighted by Gasteiger charge is 2.55. The molecule has 4 rings (SSSR count). The first-order chi connectivity index (χ1) is 12.5. The molecule has 134 valence electrons. The van der Waals surface area contributed by atoms with Crippen molar-refractivity contribution >= 4 is 11.9 Å². The number of carboxylic acids is 1. The summed E-state index contributed by atoms with van der Waals surface area (Å²) in [4.78, 5) is 38.4. The van der Waals surface area contributed by atoms with E-state index >= 15 is 0 Å². The normalized spacial score (nSPS) is 24.5. The van der Waals surface area contributed by atoms with E-state index in [1.165, 1.54) is 16.8 Å². The van der Waals surface area contributed by atoms with Crippen molar-refractivity contribution in [1.29, 1.82) is 0 Å². The Balaban J connectivity index is 1.64. The number of carboxylic acid groups (broad SMARTS) is 1. The summed E-state index contributed by atoms with van der Waals surface area (Å²) >= 11 is 0. The fraction of sp³-hybridized carbons (Fsp3) is 0.368. The lowest BCUT2D eigenvalue weighted by Gasteiger charge is -2.23. The van der Waals surface area contributed by atoms with Crippen molar-refractivity contribution in [1.82, 2.24) is 14.7 Å². The van der Waals surface area contributed by atoms with Crippen molar-refractivity contribution in [2.24, 2.45) is 11.3 Å². The lowest BCUT2D eigenvalue weighted by atomic mass is 9.81. The number of amides is 1. The van der Waals surface area contributed by atoms with Gasteiger partial charge < -0.3 is 10.0 Å². The van der Waals surface area contributed by atoms with Crippen molar-refractivity contribution in [2.45, 2.75) is 19.3 Å². The second-order valence-corrected chi connectivity index (χ2v) is 7.04. The van der Waals surface area contributed by atoms with Crippen LogP contribution in [0.4, 0.5) is 0 Å². The predicted molar refractivity (Wildman–Crippen MR) is 93.1 cm³/mol. The molecule has 7 heteroatoms. The van der Waals surface area contributed by atoms with E-state index in [-0.39, 0.29) is 29.6 Å². The summed E-state index contributed by atoms with van der Waals surface area (Å²) in [5, 5.41) is 13.9. The topological polar surface area (TPSA) is 92.5 Å². The number of nitrogens with zero attached hydrogens (tertiary/aromatic N) is 3. The summed E-state index contributed by atoms with van der Waals surface area (Å²) in [7, 11) is 0. The minimum Gasteiger partial charge on any atom is -0.481 e. The summed E-state index contributed by atoms with van der Waals surface area (Å²) in [5.41, 5.74) is -0.432. The monoisotopic (exact) mass is 353 g/mol. The third-order valence-corrected chi connectivity index (χ3v) is 5.60. The van der Waals surface area contributed by atoms with E-state index in [2.05, 4.69) is 5.10 Å². The fourth-order valence-corrected chi connectivity index (χ4v) is 4.23. The minimum atomic E-state index is -0.830. The molecule has 1 N–H and O–H groups in total. The lowest BCUT2D eigenvalue weighted by Crippen LogP contribution is -2.38. The largest absolute Gasteiger partial charge is 0.481 e. The number of rotatable bonds is 3. The van der Waals surface area contributed by atoms with Crippen molar-refractivity contribution < 1.29 is 14.7 Å². The van der Waals surface area contributed by atoms with E-state index in [1.54, 1.807) is 29.2 Å². The van der Waals surface area contributed by atoms with Crippen molar-refractivity contribution in [3.63, 3.8) is 0 Å². The van der Waals surface area contributed by atoms with Crippen LogP contribution in [0.2, 0.25) is 0 Å². The third kappa shape index (κ3) is 2.51. The molecular formula is C19H19N3O4. The van der Waals surface area contributed by atoms with Crippen LogP contribution in [-0.2, 0) is 4.79 Å². The van der Waals surface area contributed by atoms with Crippen LogP contribution in [0.3, 0.4) is 0 Å². The Morgan fingerprint density at radius 3 is 2.62 bits per heavy atom. The van der Waals surface area contributed by atoms with Gasteiger partial charge in [0.15, 0.2) is 0 Å². The van der Waals surface area contributed by atoms with Crippen molar-refractivity contribution in [3.05, 3.63) is 58.5 Å². The number of hydrogen-bond donors (Lipinski definition) is 1. The van der Waals surface area contributed by atoms with Crippen molar-refractivity contribution in [2.75, 3.05) is 13.1 Å². The molecule has 2 atom stereocenters. The molecule has 0 radical (unpaired) electrons. The van der Waals surface area contributed by atoms with Gasteiger partial charge in [0.05, 0.1) is 11.1 Å². The second-order valence-electron chi connectivity index (χ2n) is 7.04. The van der Waals surface area contributed by atoms with Crippen LogP contribution < -0.4 is 5.56 Å². The molecule has 1 aliphatic heterocycles. The van der Waals surface area contributed by atoms with Gasteiger partial charge in [-0.3, -0.25) is 14.4 Å². The summed E-state index contributed by atoms with van der Waals surface area (Å²) in [5.74, 6) is -1.16. The predicted octanol–water partition coefficient (Wildman–Crippen LogP) is 1.56. The van der Waals surface area contributed by atoms with Crippen LogP contribution in [-0.4, -0.2) is 44.8 Å². The molecule has 2 aliphatic rings. The van der Waals surface area contributed by atoms with Crippen LogP contribution in [0.15, 0.2) is 47.3 Å². The quantitative estimate of drug-likeness (QED) is 0.904. The van der Waals surface area contributed by atoms with Gasteiger partial charge in [-0.05, 0) is 37.0 Å². The summed E-state index contributed by atoms with van der Waals surface area (Å²) < 4.78 is 1.19. The van der Waals surface area contributed by atoms with E-state index in [1.807, 2.05) is 6.07 Å². The number of likely N-dealkylation sites (tertiary alicyclic amines) is 1. The zero-order chi connectivity index (χ0) is 18.3. The average molecular weight is 353 g/mol. The maximum atomic E-state index is 12.9. The SMILES string of the molecule is O=C(c1ccc(=O)n(-c2ccccc2)n1)N1C[C@@H]2CCC[C@@]2(C(=O)O)C1. The number of benzene rings is 1. The maximum absolute atomic E-state index is 12.9. The number of fused-ring (bicyclic) bond motifs is 1. The highest BCUT2D eigenvalue weighted by molar-refractivity contribution is 5.93. The standard InChI is InChI=1S/C19H19N3O4/c23-16-9-8-15(20-22(16)14-6-2-1-3-7-14)17(24)21-11-13-5-4-10-19(13,12-21)18(25)26/h1-3,6-9,13H,4-5,10-12H2,(H,25,26)/t13-,19+/m0/s1. The number of aromatic nitrogens is 2. The molecule has 26 heavy (non-hydrogen) atoms. The van der Waals surface area contributed by atoms with E-state index in [0.29, 0.717) is 18.7 Å². The van der Waals surface area contributed by atoms with Gasteiger partial charge in [-0.15, -0.1) is 0 Å². The van der Waals surface area contributed by atoms with E-state index < -0.39 is 11.4 Å². The highest BCUT2D eigenvalue weighted by atomic mass is 16.4. The Hall–Kier alpha value is -2.96. The zero-order valence-corrected chi connectivity index (χ0v) is 14.2. The maximum Gasteiger partial charge on any atom is 0.311 e. The molecule has 0 bridgehead atoms. The first-order valence-corrected chi connectivity index (χ1v) is 8.70. The molecule has 2 heterocycles. The number of carbonyl (C=O) groups is 2. The molecule has 1 aromatic carbocycles. The van der Waals surface area contributed by atoms with Crippen LogP contribution in [0.1, 0.15) is 29.8 Å². The van der Waals surface area contributed by atoms with E-state index in [4.69, 9.17) is 0 Å². The molecule has 1 saturated carbocycles. The number of carbonyl (C=O) groups excluding carboxylic acids is 1. The van der Waals surface area contributed by atoms with Crippen LogP contribution in [0.5, 0.6) is 0 Å². The first-order valence-electron chi connectivity index (χ1n) is 8.70. The fourth-order valence-electron chi connectivity index (χ4n) is 4.23. The molecule has 1 amide bonds. The Kier molecular flexibility index (Phi) is 3.86. The molecule has 2 aromatic rings. The number of aliphatic carboxylic acids is 1. The Labute approximate surface area is 149 Å². The van der Waals surface area contributed by atoms with Crippen LogP contribution in [0, 0.1) is 11.3 Å². The molecular weight excluding hydrogens is 334 g/mol. The second kappa shape index (κ2) is 6.09. The zero-order valence-electron chi connectivity index (χ0n) is 14.2. The summed E-state index contributed by atoms with van der Waals surface area (Å²) in [6.45, 7) is 0.634. The Morgan fingerprint density at radius 1 is 1.15 bits per heavy atom. The van der Waals surface area contributed by atoms with E-state index in [0.717, 1.165) is 12.8 Å². The highest BCUT2D eigenvalue weighted by Crippen LogP contribution is 2.49. The number of para-hydroxylation sites is 1. The molecule has 1 saturated heterocycles. The lowest BCUT2D eigenvalue weighted by molar-refractivity contribution is -0.149. The molecule has 7 nitrogen and oxygen atoms in total. The van der Waals surface area contributed by atoms with Gasteiger partial charge in [0.2, 0.25) is 0 Å². The van der Waals surface area contributed by atoms with Crippen LogP contribution in [0.25, 0.3) is 5.69 Å². The van der Waals surface area contributed by atoms with E-state index in [9.17, 15) is 19.5 Å². The molecule has 2 fully saturated rings. The van der Waals surface area contributed by atoms with Gasteiger partial charge in [-0.2, -0.15) is 9.78 Å². The Bertz CT molecular complexity index is 924. The molecule has 0 unspecified atom stereocenters. The van der Waals surface area contributed by atoms with Gasteiger partial charge in [0.1, 0.15) is 5.69 Å². The molecule has 1 aromatic heterocycles.